The molecule has 2 N–H and O–H groups in total. The molecule has 1 aromatic carbocycles. The summed E-state index contributed by atoms with van der Waals surface area (Å²) in [7, 11) is 1.66. The zero-order valence-corrected chi connectivity index (χ0v) is 11.0. The first-order valence-corrected chi connectivity index (χ1v) is 5.89. The maximum atomic E-state index is 5.89. The van der Waals surface area contributed by atoms with Crippen LogP contribution in [0.15, 0.2) is 30.5 Å². The van der Waals surface area contributed by atoms with Crippen molar-refractivity contribution in [2.45, 2.75) is 6.54 Å². The van der Waals surface area contributed by atoms with Crippen molar-refractivity contribution in [3.05, 3.63) is 39.6 Å². The fourth-order valence-corrected chi connectivity index (χ4v) is 1.90. The van der Waals surface area contributed by atoms with Gasteiger partial charge >= 0.3 is 0 Å². The zero-order valence-electron chi connectivity index (χ0n) is 8.85. The Labute approximate surface area is 108 Å². The van der Waals surface area contributed by atoms with Gasteiger partial charge in [-0.2, -0.15) is 5.10 Å². The summed E-state index contributed by atoms with van der Waals surface area (Å²) in [6.07, 6.45) is 1.76. The predicted molar refractivity (Wildman–Crippen MR) is 71.5 cm³/mol. The van der Waals surface area contributed by atoms with Crippen LogP contribution < -0.4 is 10.5 Å². The van der Waals surface area contributed by atoms with Gasteiger partial charge in [0, 0.05) is 5.56 Å². The Hall–Kier alpha value is -1.24. The molecule has 16 heavy (non-hydrogen) atoms. The highest BCUT2D eigenvalue weighted by molar-refractivity contribution is 14.1. The van der Waals surface area contributed by atoms with Crippen molar-refractivity contribution in [1.82, 2.24) is 9.78 Å². The van der Waals surface area contributed by atoms with Crippen LogP contribution in [0.4, 0.5) is 5.82 Å². The molecule has 0 saturated heterocycles. The molecule has 1 heterocycles. The fourth-order valence-electron chi connectivity index (χ4n) is 1.49. The van der Waals surface area contributed by atoms with Gasteiger partial charge in [-0.3, -0.25) is 0 Å². The molecule has 2 rings (SSSR count). The number of hydrogen-bond acceptors (Lipinski definition) is 3. The highest BCUT2D eigenvalue weighted by Gasteiger charge is 2.07. The van der Waals surface area contributed by atoms with Crippen LogP contribution in [0.25, 0.3) is 0 Å². The first-order valence-electron chi connectivity index (χ1n) is 4.81. The van der Waals surface area contributed by atoms with Gasteiger partial charge in [0.15, 0.2) is 0 Å². The van der Waals surface area contributed by atoms with Crippen LogP contribution in [0, 0.1) is 3.57 Å². The minimum absolute atomic E-state index is 0.624. The third-order valence-corrected chi connectivity index (χ3v) is 3.18. The number of nitrogens with zero attached hydrogens (tertiary/aromatic N) is 2. The maximum absolute atomic E-state index is 5.89. The Morgan fingerprint density at radius 1 is 1.44 bits per heavy atom. The average molecular weight is 329 g/mol. The van der Waals surface area contributed by atoms with E-state index >= 15 is 0 Å². The van der Waals surface area contributed by atoms with E-state index in [-0.39, 0.29) is 0 Å². The summed E-state index contributed by atoms with van der Waals surface area (Å²) in [5.41, 5.74) is 6.96. The number of nitrogen functional groups attached to an aromatic ring is 1. The van der Waals surface area contributed by atoms with Crippen LogP contribution in [0.5, 0.6) is 5.75 Å². The van der Waals surface area contributed by atoms with Crippen LogP contribution in [-0.4, -0.2) is 16.9 Å². The molecule has 0 aliphatic rings. The van der Waals surface area contributed by atoms with Gasteiger partial charge in [0.2, 0.25) is 0 Å². The number of halogens is 1. The van der Waals surface area contributed by atoms with E-state index in [0.717, 1.165) is 14.9 Å². The SMILES string of the molecule is COc1ccccc1Cn1ncc(I)c1N. The molecule has 0 fully saturated rings. The quantitative estimate of drug-likeness (QED) is 0.878. The lowest BCUT2D eigenvalue weighted by Crippen LogP contribution is -2.07. The Bertz CT molecular complexity index is 496. The number of hydrogen-bond donors (Lipinski definition) is 1. The summed E-state index contributed by atoms with van der Waals surface area (Å²) in [6.45, 7) is 0.624. The van der Waals surface area contributed by atoms with E-state index in [4.69, 9.17) is 10.5 Å². The number of para-hydroxylation sites is 1. The lowest BCUT2D eigenvalue weighted by Gasteiger charge is -2.09. The summed E-state index contributed by atoms with van der Waals surface area (Å²) < 4.78 is 8.01. The molecule has 0 radical (unpaired) electrons. The largest absolute Gasteiger partial charge is 0.496 e. The summed E-state index contributed by atoms with van der Waals surface area (Å²) >= 11 is 2.17. The first kappa shape index (κ1) is 11.3. The lowest BCUT2D eigenvalue weighted by atomic mass is 10.2. The van der Waals surface area contributed by atoms with Gasteiger partial charge in [0.05, 0.1) is 23.4 Å². The van der Waals surface area contributed by atoms with Crippen molar-refractivity contribution in [3.63, 3.8) is 0 Å². The Kier molecular flexibility index (Phi) is 3.33. The molecule has 1 aromatic heterocycles. The Morgan fingerprint density at radius 3 is 2.81 bits per heavy atom. The molecule has 0 atom stereocenters. The molecule has 84 valence electrons. The first-order chi connectivity index (χ1) is 7.72. The minimum atomic E-state index is 0.624. The molecule has 0 aliphatic heterocycles. The molecule has 0 amide bonds. The Balaban J connectivity index is 2.30. The van der Waals surface area contributed by atoms with Gasteiger partial charge in [-0.1, -0.05) is 18.2 Å². The van der Waals surface area contributed by atoms with E-state index in [9.17, 15) is 0 Å². The van der Waals surface area contributed by atoms with Gasteiger partial charge in [-0.15, -0.1) is 0 Å². The summed E-state index contributed by atoms with van der Waals surface area (Å²) in [4.78, 5) is 0. The number of aromatic nitrogens is 2. The molecule has 5 heteroatoms. The molecular weight excluding hydrogens is 317 g/mol. The smallest absolute Gasteiger partial charge is 0.135 e. The minimum Gasteiger partial charge on any atom is -0.496 e. The molecule has 0 saturated carbocycles. The number of anilines is 1. The predicted octanol–water partition coefficient (Wildman–Crippen LogP) is 2.13. The van der Waals surface area contributed by atoms with Crippen LogP contribution in [-0.2, 0) is 6.54 Å². The molecule has 0 spiro atoms. The maximum Gasteiger partial charge on any atom is 0.135 e. The van der Waals surface area contributed by atoms with Crippen molar-refractivity contribution in [2.75, 3.05) is 12.8 Å². The molecular formula is C11H12IN3O. The highest BCUT2D eigenvalue weighted by atomic mass is 127. The topological polar surface area (TPSA) is 53.1 Å². The molecule has 0 unspecified atom stereocenters. The van der Waals surface area contributed by atoms with Crippen LogP contribution in [0.2, 0.25) is 0 Å². The Morgan fingerprint density at radius 2 is 2.19 bits per heavy atom. The number of methoxy groups -OCH3 is 1. The van der Waals surface area contributed by atoms with Crippen molar-refractivity contribution in [1.29, 1.82) is 0 Å². The average Bonchev–Trinajstić information content (AvgIpc) is 2.62. The fraction of sp³-hybridized carbons (Fsp3) is 0.182. The highest BCUT2D eigenvalue weighted by Crippen LogP contribution is 2.21. The van der Waals surface area contributed by atoms with Gasteiger partial charge in [-0.05, 0) is 28.7 Å². The third kappa shape index (κ3) is 2.13. The zero-order chi connectivity index (χ0) is 11.5. The van der Waals surface area contributed by atoms with Crippen molar-refractivity contribution in [3.8, 4) is 5.75 Å². The van der Waals surface area contributed by atoms with Crippen molar-refractivity contribution < 1.29 is 4.74 Å². The van der Waals surface area contributed by atoms with Gasteiger partial charge in [0.25, 0.3) is 0 Å². The van der Waals surface area contributed by atoms with Crippen LogP contribution >= 0.6 is 22.6 Å². The van der Waals surface area contributed by atoms with Crippen LogP contribution in [0.1, 0.15) is 5.56 Å². The van der Waals surface area contributed by atoms with Gasteiger partial charge < -0.3 is 10.5 Å². The van der Waals surface area contributed by atoms with E-state index < -0.39 is 0 Å². The number of ether oxygens (including phenoxy) is 1. The van der Waals surface area contributed by atoms with E-state index in [1.165, 1.54) is 0 Å². The van der Waals surface area contributed by atoms with Crippen molar-refractivity contribution >= 4 is 28.4 Å². The molecule has 0 aliphatic carbocycles. The molecule has 4 nitrogen and oxygen atoms in total. The van der Waals surface area contributed by atoms with Gasteiger partial charge in [-0.25, -0.2) is 4.68 Å². The van der Waals surface area contributed by atoms with Crippen molar-refractivity contribution in [2.24, 2.45) is 0 Å². The second kappa shape index (κ2) is 4.73. The molecule has 0 bridgehead atoms. The summed E-state index contributed by atoms with van der Waals surface area (Å²) in [6, 6.07) is 7.86. The number of rotatable bonds is 3. The van der Waals surface area contributed by atoms with Gasteiger partial charge in [0.1, 0.15) is 11.6 Å². The lowest BCUT2D eigenvalue weighted by molar-refractivity contribution is 0.407. The van der Waals surface area contributed by atoms with E-state index in [0.29, 0.717) is 12.4 Å². The van der Waals surface area contributed by atoms with E-state index in [1.807, 2.05) is 24.3 Å². The van der Waals surface area contributed by atoms with Crippen LogP contribution in [0.3, 0.4) is 0 Å². The third-order valence-electron chi connectivity index (χ3n) is 2.35. The summed E-state index contributed by atoms with van der Waals surface area (Å²) in [5, 5.41) is 4.21. The number of benzene rings is 1. The second-order valence-corrected chi connectivity index (χ2v) is 4.51. The monoisotopic (exact) mass is 329 g/mol. The van der Waals surface area contributed by atoms with E-state index in [1.54, 1.807) is 18.0 Å². The number of nitrogens with two attached hydrogens (primary N) is 1. The normalized spacial score (nSPS) is 10.4. The standard InChI is InChI=1S/C11H12IN3O/c1-16-10-5-3-2-4-8(10)7-15-11(13)9(12)6-14-15/h2-6H,7,13H2,1H3. The van der Waals surface area contributed by atoms with E-state index in [2.05, 4.69) is 27.7 Å². The summed E-state index contributed by atoms with van der Waals surface area (Å²) in [5.74, 6) is 1.54. The molecule has 2 aromatic rings. The second-order valence-electron chi connectivity index (χ2n) is 3.35.